The summed E-state index contributed by atoms with van der Waals surface area (Å²) in [6.07, 6.45) is 1.84. The second kappa shape index (κ2) is 35.9. The van der Waals surface area contributed by atoms with Gasteiger partial charge in [-0.25, -0.2) is 14.6 Å². The lowest BCUT2D eigenvalue weighted by Gasteiger charge is -2.07. The molecule has 0 saturated heterocycles. The summed E-state index contributed by atoms with van der Waals surface area (Å²) in [7, 11) is 1.41. The van der Waals surface area contributed by atoms with Crippen molar-refractivity contribution >= 4 is 250 Å². The first-order valence-corrected chi connectivity index (χ1v) is 41.4. The Labute approximate surface area is 677 Å². The Morgan fingerprint density at radius 3 is 1.59 bits per heavy atom. The second-order valence-corrected chi connectivity index (χ2v) is 35.1. The number of hydrogen-bond donors (Lipinski definition) is 1. The van der Waals surface area contributed by atoms with Crippen LogP contribution >= 0.6 is 149 Å². The Bertz CT molecular complexity index is 6170. The van der Waals surface area contributed by atoms with E-state index in [2.05, 4.69) is 109 Å². The molecule has 1 amide bonds. The predicted molar refractivity (Wildman–Crippen MR) is 469 cm³/mol. The van der Waals surface area contributed by atoms with Gasteiger partial charge in [-0.3, -0.25) is 9.79 Å². The first-order valence-electron chi connectivity index (χ1n) is 33.3. The lowest BCUT2D eigenvalue weighted by molar-refractivity contribution is 0.0605. The van der Waals surface area contributed by atoms with Gasteiger partial charge in [0.05, 0.1) is 39.2 Å². The number of hydrogen-bond acceptors (Lipinski definition) is 14. The van der Waals surface area contributed by atoms with Gasteiger partial charge in [0.15, 0.2) is 0 Å². The minimum Gasteiger partial charge on any atom is -0.465 e. The molecule has 0 aliphatic rings. The maximum absolute atomic E-state index is 12.5. The molecule has 21 heteroatoms. The standard InChI is InChI=1S/C17H11NO2S.C17H16S2.C16H10Cl3NS.C16H11Cl2NOS.C11H10O2S.C9H7ClS/c1-10-11-6-3-5-9-14(11)21-15(10)16-18-13-8-4-2-7-12(13)17(19)20-16;1-12-7-9-14(10-8-12)18-11-16-13(2)19-17-6-4-3-5-15(16)17;1-9-15(14-7-10(17)2-3-16(14)21-9)8-20-13-5-11(18)4-12(19)6-13;1-9-15(13-4-2-3-5-14(13)21-9)16(20)19-12-7-10(17)6-11(18)8-12;1-7-8-5-3-4-6-9(8)14-10(7)11(12)13-2;1-6-9(10)7-4-2-3-5-8(7)11-6/h2-9H,1H3;3-10H,11H2,1-2H3;2-8H,1H3;2-8H,1H3,(H,19,20);3-6H,1-2H3;2-5H,1H3. The zero-order chi connectivity index (χ0) is 75.6. The van der Waals surface area contributed by atoms with E-state index >= 15 is 0 Å². The summed E-state index contributed by atoms with van der Waals surface area (Å²) in [6.45, 7) is 14.4. The summed E-state index contributed by atoms with van der Waals surface area (Å²) in [5.41, 5.74) is 8.35. The number of thioether (sulfide) groups is 1. The number of para-hydroxylation sites is 1. The molecule has 7 heterocycles. The molecule has 7 aromatic heterocycles. The summed E-state index contributed by atoms with van der Waals surface area (Å²) >= 11 is 48.0. The molecule has 538 valence electrons. The third-order valence-corrected chi connectivity index (χ3v) is 26.6. The van der Waals surface area contributed by atoms with Crippen molar-refractivity contribution in [1.29, 1.82) is 0 Å². The van der Waals surface area contributed by atoms with Crippen molar-refractivity contribution in [2.75, 3.05) is 12.4 Å². The Morgan fingerprint density at radius 1 is 0.486 bits per heavy atom. The molecule has 0 atom stereocenters. The van der Waals surface area contributed by atoms with Crippen LogP contribution in [0.1, 0.15) is 67.4 Å². The van der Waals surface area contributed by atoms with Gasteiger partial charge in [0.25, 0.3) is 5.91 Å². The van der Waals surface area contributed by atoms with Crippen molar-refractivity contribution in [3.05, 3.63) is 323 Å². The van der Waals surface area contributed by atoms with Crippen LogP contribution in [-0.4, -0.2) is 30.2 Å². The zero-order valence-corrected chi connectivity index (χ0v) is 69.0. The van der Waals surface area contributed by atoms with Gasteiger partial charge in [0.2, 0.25) is 5.89 Å². The Hall–Kier alpha value is -8.20. The molecule has 17 rings (SSSR count). The van der Waals surface area contributed by atoms with Crippen LogP contribution < -0.4 is 10.9 Å². The molecule has 0 spiro atoms. The molecule has 0 fully saturated rings. The molecule has 10 aromatic carbocycles. The topological polar surface area (TPSA) is 111 Å². The van der Waals surface area contributed by atoms with Gasteiger partial charge >= 0.3 is 11.6 Å². The molecule has 0 radical (unpaired) electrons. The van der Waals surface area contributed by atoms with Crippen LogP contribution in [0.4, 0.5) is 11.4 Å². The molecule has 0 unspecified atom stereocenters. The summed E-state index contributed by atoms with van der Waals surface area (Å²) in [4.78, 5) is 52.8. The number of esters is 1. The minimum absolute atomic E-state index is 0.150. The van der Waals surface area contributed by atoms with Crippen LogP contribution in [0.25, 0.3) is 82.2 Å². The van der Waals surface area contributed by atoms with E-state index in [0.717, 1.165) is 73.5 Å². The minimum atomic E-state index is -0.340. The van der Waals surface area contributed by atoms with E-state index in [1.807, 2.05) is 166 Å². The van der Waals surface area contributed by atoms with E-state index in [1.54, 1.807) is 87.8 Å². The predicted octanol–water partition coefficient (Wildman–Crippen LogP) is 29.7. The van der Waals surface area contributed by atoms with E-state index in [0.29, 0.717) is 53.0 Å². The number of carbonyl (C=O) groups excluding carboxylic acids is 2. The number of nitrogens with zero attached hydrogens (tertiary/aromatic N) is 2. The van der Waals surface area contributed by atoms with Gasteiger partial charge in [-0.05, 0) is 191 Å². The van der Waals surface area contributed by atoms with Crippen molar-refractivity contribution in [2.45, 2.75) is 59.1 Å². The summed E-state index contributed by atoms with van der Waals surface area (Å²) in [5.74, 6) is 1.06. The fraction of sp³-hybridized carbons (Fsp3) is 0.105. The van der Waals surface area contributed by atoms with E-state index < -0.39 is 0 Å². The number of thiophene rings is 6. The number of fused-ring (bicyclic) bond motifs is 7. The van der Waals surface area contributed by atoms with Crippen molar-refractivity contribution in [3.63, 3.8) is 0 Å². The summed E-state index contributed by atoms with van der Waals surface area (Å²) < 4.78 is 17.4. The molecule has 0 saturated carbocycles. The summed E-state index contributed by atoms with van der Waals surface area (Å²) in [5, 5.41) is 14.1. The van der Waals surface area contributed by atoms with Crippen molar-refractivity contribution in [1.82, 2.24) is 4.98 Å². The quantitative estimate of drug-likeness (QED) is 0.0870. The van der Waals surface area contributed by atoms with E-state index in [-0.39, 0.29) is 17.5 Å². The second-order valence-electron chi connectivity index (χ2n) is 24.4. The van der Waals surface area contributed by atoms with Crippen LogP contribution in [0.5, 0.6) is 0 Å². The average Bonchev–Trinajstić information content (AvgIpc) is 1.72. The number of carbonyl (C=O) groups is 2. The molecule has 0 aliphatic heterocycles. The molecule has 1 N–H and O–H groups in total. The fourth-order valence-corrected chi connectivity index (χ4v) is 20.7. The van der Waals surface area contributed by atoms with Crippen molar-refractivity contribution in [2.24, 2.45) is 4.99 Å². The van der Waals surface area contributed by atoms with Crippen LogP contribution in [0.15, 0.2) is 244 Å². The monoisotopic (exact) mass is 1650 g/mol. The van der Waals surface area contributed by atoms with Crippen LogP contribution in [0.2, 0.25) is 30.1 Å². The van der Waals surface area contributed by atoms with Crippen molar-refractivity contribution < 1.29 is 18.7 Å². The smallest absolute Gasteiger partial charge is 0.348 e. The van der Waals surface area contributed by atoms with E-state index in [9.17, 15) is 14.4 Å². The molecular weight excluding hydrogens is 1590 g/mol. The van der Waals surface area contributed by atoms with Gasteiger partial charge in [-0.1, -0.05) is 190 Å². The summed E-state index contributed by atoms with van der Waals surface area (Å²) in [6, 6.07) is 73.1. The number of aryl methyl sites for hydroxylation is 7. The van der Waals surface area contributed by atoms with Gasteiger partial charge in [-0.15, -0.1) is 79.8 Å². The number of benzene rings is 10. The first-order chi connectivity index (χ1) is 51.6. The Kier molecular flexibility index (Phi) is 26.3. The number of aromatic nitrogens is 1. The van der Waals surface area contributed by atoms with Gasteiger partial charge in [0.1, 0.15) is 4.88 Å². The average molecular weight is 1660 g/mol. The maximum Gasteiger partial charge on any atom is 0.348 e. The molecule has 107 heavy (non-hydrogen) atoms. The number of aliphatic imine (C=N–C) groups is 1. The molecule has 0 aliphatic carbocycles. The van der Waals surface area contributed by atoms with E-state index in [1.165, 1.54) is 84.1 Å². The Morgan fingerprint density at radius 2 is 0.981 bits per heavy atom. The maximum atomic E-state index is 12.5. The van der Waals surface area contributed by atoms with Crippen molar-refractivity contribution in [3.8, 4) is 10.8 Å². The SMILES string of the molecule is COC(=O)c1sc2ccccc2c1C.Cc1c(-c2nc3ccccc3c(=O)o2)sc2ccccc12.Cc1ccc(SCc2c(C)sc3ccccc23)cc1.Cc1sc2ccc(Cl)cc2c1C=Nc1cc(Cl)cc(Cl)c1.Cc1sc2ccccc2c1C(=O)Nc1cc(Cl)cc(Cl)c1.Cc1sc2ccccc2c1Cl. The number of nitrogens with one attached hydrogen (secondary N) is 1. The van der Waals surface area contributed by atoms with Crippen LogP contribution in [0.3, 0.4) is 0 Å². The number of amides is 1. The van der Waals surface area contributed by atoms with Gasteiger partial charge in [0, 0.05) is 117 Å². The largest absolute Gasteiger partial charge is 0.465 e. The highest BCUT2D eigenvalue weighted by Crippen LogP contribution is 2.41. The highest BCUT2D eigenvalue weighted by molar-refractivity contribution is 7.98. The van der Waals surface area contributed by atoms with Gasteiger partial charge in [-0.2, -0.15) is 0 Å². The Balaban J connectivity index is 0.000000122. The number of ether oxygens (including phenoxy) is 1. The van der Waals surface area contributed by atoms with E-state index in [4.69, 9.17) is 78.8 Å². The number of methoxy groups -OCH3 is 1. The lowest BCUT2D eigenvalue weighted by atomic mass is 10.1. The zero-order valence-electron chi connectivity index (χ0n) is 58.7. The number of halogens is 6. The molecular formula is C86H65Cl6N3O5S7. The first kappa shape index (κ1) is 78.4. The third kappa shape index (κ3) is 19.1. The highest BCUT2D eigenvalue weighted by atomic mass is 35.5. The number of rotatable bonds is 9. The third-order valence-electron chi connectivity index (χ3n) is 17.0. The highest BCUT2D eigenvalue weighted by Gasteiger charge is 2.20. The van der Waals surface area contributed by atoms with Gasteiger partial charge < -0.3 is 14.5 Å². The normalized spacial score (nSPS) is 11.0. The van der Waals surface area contributed by atoms with Crippen LogP contribution in [0, 0.1) is 48.5 Å². The number of anilines is 1. The molecule has 0 bridgehead atoms. The molecule has 8 nitrogen and oxygen atoms in total. The van der Waals surface area contributed by atoms with Crippen LogP contribution in [-0.2, 0) is 10.5 Å². The molecule has 17 aromatic rings. The fourth-order valence-electron chi connectivity index (χ4n) is 11.7. The lowest BCUT2D eigenvalue weighted by Crippen LogP contribution is -2.12.